The number of nitro groups is 1. The van der Waals surface area contributed by atoms with E-state index < -0.39 is 16.7 Å². The van der Waals surface area contributed by atoms with Gasteiger partial charge in [0.15, 0.2) is 5.76 Å². The van der Waals surface area contributed by atoms with Gasteiger partial charge >= 0.3 is 5.88 Å². The third-order valence-corrected chi connectivity index (χ3v) is 3.25. The fourth-order valence-electron chi connectivity index (χ4n) is 2.34. The molecule has 7 heteroatoms. The van der Waals surface area contributed by atoms with Crippen molar-refractivity contribution in [1.29, 1.82) is 5.26 Å². The third kappa shape index (κ3) is 2.73. The molecule has 100 valence electrons. The van der Waals surface area contributed by atoms with Crippen LogP contribution in [0.15, 0.2) is 16.5 Å². The second-order valence-electron chi connectivity index (χ2n) is 4.42. The highest BCUT2D eigenvalue weighted by molar-refractivity contribution is 5.92. The number of hydrogen-bond acceptors (Lipinski definition) is 5. The van der Waals surface area contributed by atoms with Crippen molar-refractivity contribution in [3.05, 3.63) is 28.0 Å². The summed E-state index contributed by atoms with van der Waals surface area (Å²) in [5.41, 5.74) is 0. The number of furan rings is 1. The quantitative estimate of drug-likeness (QED) is 0.470. The first-order valence-corrected chi connectivity index (χ1v) is 6.05. The molecule has 1 aromatic rings. The van der Waals surface area contributed by atoms with Crippen molar-refractivity contribution in [3.63, 3.8) is 0 Å². The van der Waals surface area contributed by atoms with Crippen LogP contribution in [-0.4, -0.2) is 28.3 Å². The predicted molar refractivity (Wildman–Crippen MR) is 64.3 cm³/mol. The number of carbonyl (C=O) groups is 1. The topological polar surface area (TPSA) is 100 Å². The number of carbonyl (C=O) groups excluding carboxylic acids is 1. The minimum Gasteiger partial charge on any atom is -0.395 e. The summed E-state index contributed by atoms with van der Waals surface area (Å²) in [6.07, 6.45) is 3.77. The average molecular weight is 263 g/mol. The zero-order valence-corrected chi connectivity index (χ0v) is 10.2. The maximum Gasteiger partial charge on any atom is 0.433 e. The lowest BCUT2D eigenvalue weighted by Crippen LogP contribution is -2.38. The summed E-state index contributed by atoms with van der Waals surface area (Å²) in [6, 6.07) is 4.40. The largest absolute Gasteiger partial charge is 0.433 e. The maximum atomic E-state index is 12.2. The molecular formula is C12H13N3O4. The second kappa shape index (κ2) is 5.52. The van der Waals surface area contributed by atoms with Crippen LogP contribution in [-0.2, 0) is 0 Å². The van der Waals surface area contributed by atoms with Crippen molar-refractivity contribution in [2.45, 2.75) is 31.7 Å². The van der Waals surface area contributed by atoms with Crippen molar-refractivity contribution in [2.75, 3.05) is 6.54 Å². The first-order valence-electron chi connectivity index (χ1n) is 6.05. The smallest absolute Gasteiger partial charge is 0.395 e. The van der Waals surface area contributed by atoms with Crippen LogP contribution < -0.4 is 0 Å². The number of rotatable bonds is 4. The van der Waals surface area contributed by atoms with Crippen LogP contribution in [0, 0.1) is 21.4 Å². The highest BCUT2D eigenvalue weighted by Gasteiger charge is 2.29. The molecule has 0 N–H and O–H groups in total. The Balaban J connectivity index is 2.18. The fraction of sp³-hybridized carbons (Fsp3) is 0.500. The molecule has 1 aromatic heterocycles. The number of hydrogen-bond donors (Lipinski definition) is 0. The molecule has 7 nitrogen and oxygen atoms in total. The van der Waals surface area contributed by atoms with Crippen molar-refractivity contribution < 1.29 is 14.1 Å². The molecule has 1 aliphatic carbocycles. The fourth-order valence-corrected chi connectivity index (χ4v) is 2.34. The summed E-state index contributed by atoms with van der Waals surface area (Å²) in [5.74, 6) is -1.01. The summed E-state index contributed by atoms with van der Waals surface area (Å²) in [4.78, 5) is 23.5. The van der Waals surface area contributed by atoms with Gasteiger partial charge in [0.2, 0.25) is 0 Å². The average Bonchev–Trinajstić information content (AvgIpc) is 3.05. The van der Waals surface area contributed by atoms with Crippen molar-refractivity contribution in [2.24, 2.45) is 0 Å². The van der Waals surface area contributed by atoms with Crippen LogP contribution in [0.2, 0.25) is 0 Å². The molecule has 0 aromatic carbocycles. The van der Waals surface area contributed by atoms with Crippen LogP contribution in [0.25, 0.3) is 0 Å². The van der Waals surface area contributed by atoms with Gasteiger partial charge in [0, 0.05) is 6.04 Å². The molecule has 1 aliphatic rings. The first kappa shape index (κ1) is 13.1. The van der Waals surface area contributed by atoms with Crippen molar-refractivity contribution >= 4 is 11.8 Å². The Labute approximate surface area is 109 Å². The molecule has 0 saturated heterocycles. The third-order valence-electron chi connectivity index (χ3n) is 3.25. The summed E-state index contributed by atoms with van der Waals surface area (Å²) in [6.45, 7) is -0.0298. The van der Waals surface area contributed by atoms with Gasteiger partial charge in [-0.05, 0) is 18.9 Å². The molecule has 0 spiro atoms. The lowest BCUT2D eigenvalue weighted by atomic mass is 10.2. The van der Waals surface area contributed by atoms with E-state index in [2.05, 4.69) is 0 Å². The van der Waals surface area contributed by atoms with E-state index in [1.807, 2.05) is 6.07 Å². The normalized spacial score (nSPS) is 15.1. The van der Waals surface area contributed by atoms with Crippen LogP contribution in [0.3, 0.4) is 0 Å². The maximum absolute atomic E-state index is 12.2. The number of nitrogens with zero attached hydrogens (tertiary/aromatic N) is 3. The van der Waals surface area contributed by atoms with Crippen LogP contribution in [0.1, 0.15) is 36.2 Å². The summed E-state index contributed by atoms with van der Waals surface area (Å²) in [5, 5.41) is 19.3. The molecule has 1 amide bonds. The van der Waals surface area contributed by atoms with E-state index in [-0.39, 0.29) is 18.3 Å². The SMILES string of the molecule is N#CCN(C(=O)c1ccc([N+](=O)[O-])o1)C1CCCC1. The summed E-state index contributed by atoms with van der Waals surface area (Å²) >= 11 is 0. The Bertz CT molecular complexity index is 525. The number of amides is 1. The minimum absolute atomic E-state index is 0.0244. The van der Waals surface area contributed by atoms with Gasteiger partial charge in [0.25, 0.3) is 5.91 Å². The van der Waals surface area contributed by atoms with Gasteiger partial charge in [-0.25, -0.2) is 0 Å². The van der Waals surface area contributed by atoms with Gasteiger partial charge in [-0.3, -0.25) is 14.9 Å². The molecule has 0 unspecified atom stereocenters. The molecule has 0 radical (unpaired) electrons. The van der Waals surface area contributed by atoms with Gasteiger partial charge in [0.05, 0.1) is 12.1 Å². The zero-order valence-electron chi connectivity index (χ0n) is 10.2. The highest BCUT2D eigenvalue weighted by atomic mass is 16.6. The van der Waals surface area contributed by atoms with Gasteiger partial charge in [-0.2, -0.15) is 5.26 Å². The van der Waals surface area contributed by atoms with Crippen LogP contribution >= 0.6 is 0 Å². The monoisotopic (exact) mass is 263 g/mol. The number of nitriles is 1. The predicted octanol–water partition coefficient (Wildman–Crippen LogP) is 2.10. The Morgan fingerprint density at radius 1 is 1.53 bits per heavy atom. The molecular weight excluding hydrogens is 250 g/mol. The standard InChI is InChI=1S/C12H13N3O4/c13-7-8-14(9-3-1-2-4-9)12(16)10-5-6-11(19-10)15(17)18/h5-6,9H,1-4,8H2. The Morgan fingerprint density at radius 2 is 2.21 bits per heavy atom. The van der Waals surface area contributed by atoms with E-state index in [0.29, 0.717) is 0 Å². The molecule has 2 rings (SSSR count). The summed E-state index contributed by atoms with van der Waals surface area (Å²) < 4.78 is 4.89. The Kier molecular flexibility index (Phi) is 3.80. The van der Waals surface area contributed by atoms with Crippen LogP contribution in [0.5, 0.6) is 0 Å². The van der Waals surface area contributed by atoms with E-state index in [4.69, 9.17) is 9.68 Å². The van der Waals surface area contributed by atoms with Crippen molar-refractivity contribution in [3.8, 4) is 6.07 Å². The molecule has 0 atom stereocenters. The van der Waals surface area contributed by atoms with E-state index in [1.54, 1.807) is 0 Å². The Hall–Kier alpha value is -2.36. The molecule has 0 bridgehead atoms. The second-order valence-corrected chi connectivity index (χ2v) is 4.42. The highest BCUT2D eigenvalue weighted by Crippen LogP contribution is 2.26. The van der Waals surface area contributed by atoms with E-state index in [9.17, 15) is 14.9 Å². The first-order chi connectivity index (χ1) is 9.13. The Morgan fingerprint density at radius 3 is 2.74 bits per heavy atom. The van der Waals surface area contributed by atoms with Gasteiger partial charge in [-0.1, -0.05) is 12.8 Å². The molecule has 1 heterocycles. The van der Waals surface area contributed by atoms with Crippen LogP contribution in [0.4, 0.5) is 5.88 Å². The van der Waals surface area contributed by atoms with Crippen molar-refractivity contribution in [1.82, 2.24) is 4.90 Å². The molecule has 0 aliphatic heterocycles. The van der Waals surface area contributed by atoms with E-state index >= 15 is 0 Å². The van der Waals surface area contributed by atoms with Gasteiger partial charge < -0.3 is 9.32 Å². The zero-order chi connectivity index (χ0) is 13.8. The van der Waals surface area contributed by atoms with E-state index in [1.165, 1.54) is 11.0 Å². The minimum atomic E-state index is -0.693. The lowest BCUT2D eigenvalue weighted by Gasteiger charge is -2.25. The summed E-state index contributed by atoms with van der Waals surface area (Å²) in [7, 11) is 0. The van der Waals surface area contributed by atoms with Gasteiger partial charge in [0.1, 0.15) is 11.5 Å². The molecule has 19 heavy (non-hydrogen) atoms. The molecule has 1 fully saturated rings. The van der Waals surface area contributed by atoms with Gasteiger partial charge in [-0.15, -0.1) is 0 Å². The van der Waals surface area contributed by atoms with E-state index in [0.717, 1.165) is 31.7 Å². The lowest BCUT2D eigenvalue weighted by molar-refractivity contribution is -0.402. The molecule has 1 saturated carbocycles.